The lowest BCUT2D eigenvalue weighted by molar-refractivity contribution is 0.202. The minimum absolute atomic E-state index is 0.159. The molecule has 1 N–H and O–H groups in total. The van der Waals surface area contributed by atoms with Crippen LogP contribution < -0.4 is 15.0 Å². The summed E-state index contributed by atoms with van der Waals surface area (Å²) < 4.78 is 10.1. The fourth-order valence-electron chi connectivity index (χ4n) is 3.39. The summed E-state index contributed by atoms with van der Waals surface area (Å²) in [5, 5.41) is 3.89. The zero-order valence-electron chi connectivity index (χ0n) is 14.9. The monoisotopic (exact) mass is 351 g/mol. The summed E-state index contributed by atoms with van der Waals surface area (Å²) in [5.74, 6) is 0.159. The van der Waals surface area contributed by atoms with E-state index in [1.54, 1.807) is 12.1 Å². The fourth-order valence-corrected chi connectivity index (χ4v) is 3.39. The van der Waals surface area contributed by atoms with E-state index in [2.05, 4.69) is 27.3 Å². The van der Waals surface area contributed by atoms with Crippen molar-refractivity contribution in [2.24, 2.45) is 0 Å². The standard InChI is InChI=1S/C20H21N3O3/c1-13-10-15-17(21-14(2)11-18(15)23-7-3-4-8-23)12-16(13)22-20(24)26-19-6-5-9-25-19/h5-6,9-12H,3-4,7-8H2,1-2H3,(H,22,24). The third kappa shape index (κ3) is 3.22. The highest BCUT2D eigenvalue weighted by Gasteiger charge is 2.18. The van der Waals surface area contributed by atoms with Crippen molar-refractivity contribution < 1.29 is 13.9 Å². The summed E-state index contributed by atoms with van der Waals surface area (Å²) in [5.41, 5.74) is 4.69. The molecule has 0 radical (unpaired) electrons. The molecule has 0 aliphatic carbocycles. The first-order chi connectivity index (χ1) is 12.6. The molecule has 0 unspecified atom stereocenters. The summed E-state index contributed by atoms with van der Waals surface area (Å²) >= 11 is 0. The van der Waals surface area contributed by atoms with Crippen molar-refractivity contribution in [3.8, 4) is 5.95 Å². The summed E-state index contributed by atoms with van der Waals surface area (Å²) in [6.07, 6.45) is 3.31. The number of aromatic nitrogens is 1. The van der Waals surface area contributed by atoms with Crippen LogP contribution in [0.4, 0.5) is 16.2 Å². The van der Waals surface area contributed by atoms with Crippen LogP contribution in [0, 0.1) is 13.8 Å². The fraction of sp³-hybridized carbons (Fsp3) is 0.300. The molecule has 1 aliphatic rings. The molecule has 1 aliphatic heterocycles. The molecule has 1 amide bonds. The van der Waals surface area contributed by atoms with Gasteiger partial charge >= 0.3 is 6.09 Å². The zero-order valence-corrected chi connectivity index (χ0v) is 14.9. The highest BCUT2D eigenvalue weighted by atomic mass is 16.6. The molecule has 1 aromatic carbocycles. The van der Waals surface area contributed by atoms with Gasteiger partial charge in [0.15, 0.2) is 0 Å². The van der Waals surface area contributed by atoms with Crippen molar-refractivity contribution in [1.82, 2.24) is 4.98 Å². The van der Waals surface area contributed by atoms with Crippen LogP contribution in [0.25, 0.3) is 10.9 Å². The van der Waals surface area contributed by atoms with Crippen LogP contribution in [0.2, 0.25) is 0 Å². The molecule has 3 heterocycles. The molecule has 0 spiro atoms. The number of benzene rings is 1. The second kappa shape index (κ2) is 6.71. The number of ether oxygens (including phenoxy) is 1. The van der Waals surface area contributed by atoms with Crippen molar-refractivity contribution in [3.05, 3.63) is 47.9 Å². The maximum atomic E-state index is 12.1. The molecule has 134 valence electrons. The Morgan fingerprint density at radius 2 is 2.04 bits per heavy atom. The van der Waals surface area contributed by atoms with Gasteiger partial charge in [-0.3, -0.25) is 10.3 Å². The molecular formula is C20H21N3O3. The van der Waals surface area contributed by atoms with Crippen molar-refractivity contribution in [3.63, 3.8) is 0 Å². The van der Waals surface area contributed by atoms with E-state index in [-0.39, 0.29) is 5.95 Å². The molecule has 6 nitrogen and oxygen atoms in total. The Labute approximate surface area is 151 Å². The summed E-state index contributed by atoms with van der Waals surface area (Å²) in [4.78, 5) is 19.2. The minimum Gasteiger partial charge on any atom is -0.434 e. The predicted molar refractivity (Wildman–Crippen MR) is 101 cm³/mol. The van der Waals surface area contributed by atoms with E-state index < -0.39 is 6.09 Å². The van der Waals surface area contributed by atoms with Gasteiger partial charge in [-0.2, -0.15) is 0 Å². The van der Waals surface area contributed by atoms with E-state index in [0.717, 1.165) is 35.2 Å². The van der Waals surface area contributed by atoms with Crippen LogP contribution in [-0.4, -0.2) is 24.2 Å². The van der Waals surface area contributed by atoms with E-state index >= 15 is 0 Å². The molecular weight excluding hydrogens is 330 g/mol. The molecule has 26 heavy (non-hydrogen) atoms. The van der Waals surface area contributed by atoms with Crippen LogP contribution in [0.1, 0.15) is 24.1 Å². The van der Waals surface area contributed by atoms with Crippen molar-refractivity contribution >= 4 is 28.4 Å². The number of furan rings is 1. The third-order valence-corrected chi connectivity index (χ3v) is 4.63. The lowest BCUT2D eigenvalue weighted by atomic mass is 10.1. The first kappa shape index (κ1) is 16.4. The molecule has 3 aromatic rings. The summed E-state index contributed by atoms with van der Waals surface area (Å²) in [7, 11) is 0. The number of hydrogen-bond acceptors (Lipinski definition) is 5. The van der Waals surface area contributed by atoms with Gasteiger partial charge in [0.2, 0.25) is 0 Å². The SMILES string of the molecule is Cc1cc(N2CCCC2)c2cc(C)c(NC(=O)Oc3ccco3)cc2n1. The number of fused-ring (bicyclic) bond motifs is 1. The lowest BCUT2D eigenvalue weighted by Crippen LogP contribution is -2.19. The number of rotatable bonds is 3. The highest BCUT2D eigenvalue weighted by Crippen LogP contribution is 2.32. The Morgan fingerprint density at radius 1 is 1.23 bits per heavy atom. The molecule has 0 bridgehead atoms. The van der Waals surface area contributed by atoms with Gasteiger partial charge in [0.25, 0.3) is 5.95 Å². The first-order valence-electron chi connectivity index (χ1n) is 8.79. The molecule has 6 heteroatoms. The number of aryl methyl sites for hydroxylation is 2. The smallest absolute Gasteiger partial charge is 0.419 e. The summed E-state index contributed by atoms with van der Waals surface area (Å²) in [6, 6.07) is 9.38. The van der Waals surface area contributed by atoms with Gasteiger partial charge in [-0.25, -0.2) is 4.79 Å². The van der Waals surface area contributed by atoms with Crippen LogP contribution in [0.5, 0.6) is 5.95 Å². The lowest BCUT2D eigenvalue weighted by Gasteiger charge is -2.21. The number of nitrogens with one attached hydrogen (secondary N) is 1. The van der Waals surface area contributed by atoms with E-state index in [1.807, 2.05) is 19.9 Å². The molecule has 4 rings (SSSR count). The number of anilines is 2. The van der Waals surface area contributed by atoms with Gasteiger partial charge < -0.3 is 14.1 Å². The Balaban J connectivity index is 1.66. The van der Waals surface area contributed by atoms with Gasteiger partial charge in [0.05, 0.1) is 11.8 Å². The summed E-state index contributed by atoms with van der Waals surface area (Å²) in [6.45, 7) is 6.12. The largest absolute Gasteiger partial charge is 0.434 e. The maximum absolute atomic E-state index is 12.1. The second-order valence-corrected chi connectivity index (χ2v) is 6.61. The van der Waals surface area contributed by atoms with Gasteiger partial charge in [-0.15, -0.1) is 0 Å². The van der Waals surface area contributed by atoms with E-state index in [1.165, 1.54) is 24.8 Å². The number of pyridine rings is 1. The molecule has 0 atom stereocenters. The number of nitrogens with zero attached hydrogens (tertiary/aromatic N) is 2. The third-order valence-electron chi connectivity index (χ3n) is 4.63. The molecule has 2 aromatic heterocycles. The number of carbonyl (C=O) groups excluding carboxylic acids is 1. The van der Waals surface area contributed by atoms with Crippen molar-refractivity contribution in [2.75, 3.05) is 23.3 Å². The average molecular weight is 351 g/mol. The minimum atomic E-state index is -0.588. The molecule has 0 saturated carbocycles. The Bertz CT molecular complexity index is 945. The topological polar surface area (TPSA) is 67.6 Å². The molecule has 1 fully saturated rings. The Hall–Kier alpha value is -3.02. The molecule has 1 saturated heterocycles. The average Bonchev–Trinajstić information content (AvgIpc) is 3.29. The Kier molecular flexibility index (Phi) is 4.24. The van der Waals surface area contributed by atoms with Gasteiger partial charge in [-0.05, 0) is 56.5 Å². The van der Waals surface area contributed by atoms with Gasteiger partial charge in [-0.1, -0.05) is 0 Å². The van der Waals surface area contributed by atoms with Gasteiger partial charge in [0, 0.05) is 41.6 Å². The number of carbonyl (C=O) groups is 1. The Morgan fingerprint density at radius 3 is 2.77 bits per heavy atom. The van der Waals surface area contributed by atoms with Gasteiger partial charge in [0.1, 0.15) is 0 Å². The van der Waals surface area contributed by atoms with Crippen molar-refractivity contribution in [1.29, 1.82) is 0 Å². The zero-order chi connectivity index (χ0) is 18.1. The van der Waals surface area contributed by atoms with E-state index in [9.17, 15) is 4.79 Å². The van der Waals surface area contributed by atoms with Crippen molar-refractivity contribution in [2.45, 2.75) is 26.7 Å². The maximum Gasteiger partial charge on any atom is 0.419 e. The van der Waals surface area contributed by atoms with E-state index in [4.69, 9.17) is 9.15 Å². The second-order valence-electron chi connectivity index (χ2n) is 6.61. The van der Waals surface area contributed by atoms with E-state index in [0.29, 0.717) is 5.69 Å². The van der Waals surface area contributed by atoms with Crippen LogP contribution in [0.15, 0.2) is 41.0 Å². The highest BCUT2D eigenvalue weighted by molar-refractivity contribution is 5.97. The predicted octanol–water partition coefficient (Wildman–Crippen LogP) is 4.66. The van der Waals surface area contributed by atoms with Crippen LogP contribution in [0.3, 0.4) is 0 Å². The normalized spacial score (nSPS) is 14.0. The van der Waals surface area contributed by atoms with Crippen LogP contribution in [-0.2, 0) is 0 Å². The van der Waals surface area contributed by atoms with Crippen LogP contribution >= 0.6 is 0 Å². The number of hydrogen-bond donors (Lipinski definition) is 1. The quantitative estimate of drug-likeness (QED) is 0.743. The first-order valence-corrected chi connectivity index (χ1v) is 8.79. The number of amides is 1.